The SMILES string of the molecule is Cc1c(C(C)/N=c2\nc(C)n(C)c3cnc(-c4ccn5c(C(F)(F)F)ncc5c4)cc23)cccc1C(F)(F)F. The molecule has 4 heterocycles. The maximum Gasteiger partial charge on any atom is 0.450 e. The molecule has 5 rings (SSSR count). The Hall–Kier alpha value is -4.22. The molecule has 0 spiro atoms. The van der Waals surface area contributed by atoms with E-state index in [0.29, 0.717) is 39.0 Å². The third kappa shape index (κ3) is 4.75. The number of rotatable bonds is 3. The summed E-state index contributed by atoms with van der Waals surface area (Å²) in [5.41, 5.74) is 2.06. The van der Waals surface area contributed by atoms with Gasteiger partial charge in [0.15, 0.2) is 5.49 Å². The first-order valence-corrected chi connectivity index (χ1v) is 11.8. The molecule has 6 nitrogen and oxygen atoms in total. The molecular weight excluding hydrogens is 522 g/mol. The van der Waals surface area contributed by atoms with Gasteiger partial charge in [0.05, 0.1) is 40.7 Å². The number of nitrogens with zero attached hydrogens (tertiary/aromatic N) is 6. The van der Waals surface area contributed by atoms with E-state index in [0.717, 1.165) is 16.7 Å². The Kier molecular flexibility index (Phi) is 6.23. The monoisotopic (exact) mass is 544 g/mol. The van der Waals surface area contributed by atoms with Gasteiger partial charge in [-0.2, -0.15) is 26.3 Å². The van der Waals surface area contributed by atoms with Crippen LogP contribution in [0.2, 0.25) is 0 Å². The summed E-state index contributed by atoms with van der Waals surface area (Å²) in [6, 6.07) is 8.14. The first kappa shape index (κ1) is 26.4. The van der Waals surface area contributed by atoms with Gasteiger partial charge in [-0.25, -0.2) is 9.97 Å². The van der Waals surface area contributed by atoms with E-state index in [2.05, 4.69) is 15.0 Å². The fourth-order valence-corrected chi connectivity index (χ4v) is 4.65. The van der Waals surface area contributed by atoms with E-state index in [1.807, 2.05) is 0 Å². The molecular formula is C27H22F6N6. The van der Waals surface area contributed by atoms with Crippen molar-refractivity contribution in [1.29, 1.82) is 0 Å². The van der Waals surface area contributed by atoms with Crippen LogP contribution >= 0.6 is 0 Å². The van der Waals surface area contributed by atoms with Crippen molar-refractivity contribution >= 4 is 16.4 Å². The van der Waals surface area contributed by atoms with Gasteiger partial charge in [-0.3, -0.25) is 14.4 Å². The highest BCUT2D eigenvalue weighted by Gasteiger charge is 2.36. The standard InChI is InChI=1S/C27H22F6N6/c1-14-19(6-5-7-21(14)26(28,29)30)15(2)36-24-20-11-22(34-13-23(20)38(4)16(3)37-24)17-8-9-39-18(10-17)12-35-25(39)27(31,32)33/h5-13,15H,1-4H3/b36-24-. The van der Waals surface area contributed by atoms with Crippen LogP contribution in [0, 0.1) is 13.8 Å². The molecule has 5 aromatic rings. The Bertz CT molecular complexity index is 1800. The van der Waals surface area contributed by atoms with Crippen molar-refractivity contribution in [2.75, 3.05) is 0 Å². The highest BCUT2D eigenvalue weighted by molar-refractivity contribution is 5.82. The van der Waals surface area contributed by atoms with Gasteiger partial charge in [-0.1, -0.05) is 12.1 Å². The summed E-state index contributed by atoms with van der Waals surface area (Å²) in [5.74, 6) is -0.411. The van der Waals surface area contributed by atoms with Crippen molar-refractivity contribution < 1.29 is 26.3 Å². The summed E-state index contributed by atoms with van der Waals surface area (Å²) < 4.78 is 82.9. The van der Waals surface area contributed by atoms with Crippen LogP contribution in [-0.4, -0.2) is 23.9 Å². The van der Waals surface area contributed by atoms with Crippen molar-refractivity contribution in [2.24, 2.45) is 12.0 Å². The number of pyridine rings is 2. The lowest BCUT2D eigenvalue weighted by Crippen LogP contribution is -2.18. The lowest BCUT2D eigenvalue weighted by Gasteiger charge is -2.16. The molecule has 0 saturated heterocycles. The van der Waals surface area contributed by atoms with Crippen LogP contribution in [0.5, 0.6) is 0 Å². The third-order valence-electron chi connectivity index (χ3n) is 6.77. The minimum absolute atomic E-state index is 0.0958. The molecule has 1 atom stereocenters. The molecule has 0 aliphatic carbocycles. The minimum atomic E-state index is -4.60. The molecule has 0 saturated carbocycles. The Labute approximate surface area is 218 Å². The second kappa shape index (κ2) is 9.21. The van der Waals surface area contributed by atoms with Gasteiger partial charge >= 0.3 is 12.4 Å². The van der Waals surface area contributed by atoms with E-state index >= 15 is 0 Å². The molecule has 0 fully saturated rings. The predicted octanol–water partition coefficient (Wildman–Crippen LogP) is 6.60. The smallest absolute Gasteiger partial charge is 0.331 e. The van der Waals surface area contributed by atoms with E-state index in [1.165, 1.54) is 25.3 Å². The van der Waals surface area contributed by atoms with E-state index < -0.39 is 29.8 Å². The second-order valence-electron chi connectivity index (χ2n) is 9.24. The van der Waals surface area contributed by atoms with Gasteiger partial charge in [-0.05, 0) is 56.2 Å². The van der Waals surface area contributed by atoms with Crippen LogP contribution in [-0.2, 0) is 19.4 Å². The Balaban J connectivity index is 1.65. The minimum Gasteiger partial charge on any atom is -0.331 e. The fraction of sp³-hybridized carbons (Fsp3) is 0.259. The van der Waals surface area contributed by atoms with Crippen molar-refractivity contribution in [2.45, 2.75) is 39.2 Å². The average molecular weight is 545 g/mol. The van der Waals surface area contributed by atoms with Gasteiger partial charge in [0.2, 0.25) is 5.82 Å². The largest absolute Gasteiger partial charge is 0.450 e. The summed E-state index contributed by atoms with van der Waals surface area (Å²) >= 11 is 0. The van der Waals surface area contributed by atoms with Crippen molar-refractivity contribution in [3.63, 3.8) is 0 Å². The molecule has 1 aromatic carbocycles. The zero-order valence-electron chi connectivity index (χ0n) is 21.2. The number of imidazole rings is 1. The number of hydrogen-bond donors (Lipinski definition) is 0. The summed E-state index contributed by atoms with van der Waals surface area (Å²) in [4.78, 5) is 17.3. The van der Waals surface area contributed by atoms with E-state index in [9.17, 15) is 26.3 Å². The Morgan fingerprint density at radius 1 is 0.923 bits per heavy atom. The highest BCUT2D eigenvalue weighted by Crippen LogP contribution is 2.35. The van der Waals surface area contributed by atoms with Gasteiger partial charge in [0.25, 0.3) is 0 Å². The van der Waals surface area contributed by atoms with E-state index in [1.54, 1.807) is 49.9 Å². The van der Waals surface area contributed by atoms with E-state index in [-0.39, 0.29) is 11.1 Å². The van der Waals surface area contributed by atoms with Gasteiger partial charge < -0.3 is 4.57 Å². The number of halogens is 6. The normalized spacial score (nSPS) is 13.9. The summed E-state index contributed by atoms with van der Waals surface area (Å²) in [6.45, 7) is 4.90. The molecule has 39 heavy (non-hydrogen) atoms. The molecule has 0 amide bonds. The summed E-state index contributed by atoms with van der Waals surface area (Å²) in [7, 11) is 1.80. The Morgan fingerprint density at radius 2 is 1.67 bits per heavy atom. The second-order valence-corrected chi connectivity index (χ2v) is 9.24. The van der Waals surface area contributed by atoms with Crippen LogP contribution in [0.15, 0.2) is 60.0 Å². The number of aromatic nitrogens is 5. The molecule has 0 bridgehead atoms. The fourth-order valence-electron chi connectivity index (χ4n) is 4.65. The molecule has 0 radical (unpaired) electrons. The number of aryl methyl sites for hydroxylation is 2. The molecule has 12 heteroatoms. The van der Waals surface area contributed by atoms with Crippen LogP contribution in [0.1, 0.15) is 41.3 Å². The lowest BCUT2D eigenvalue weighted by atomic mass is 9.97. The van der Waals surface area contributed by atoms with Gasteiger partial charge in [0, 0.05) is 24.2 Å². The lowest BCUT2D eigenvalue weighted by molar-refractivity contribution is -0.145. The van der Waals surface area contributed by atoms with Crippen LogP contribution < -0.4 is 5.49 Å². The Morgan fingerprint density at radius 3 is 2.36 bits per heavy atom. The van der Waals surface area contributed by atoms with Crippen molar-refractivity contribution in [3.05, 3.63) is 88.8 Å². The third-order valence-corrected chi connectivity index (χ3v) is 6.77. The average Bonchev–Trinajstić information content (AvgIpc) is 3.30. The van der Waals surface area contributed by atoms with Gasteiger partial charge in [0.1, 0.15) is 5.82 Å². The first-order valence-electron chi connectivity index (χ1n) is 11.8. The first-order chi connectivity index (χ1) is 18.3. The maximum absolute atomic E-state index is 13.5. The number of fused-ring (bicyclic) bond motifs is 2. The van der Waals surface area contributed by atoms with E-state index in [4.69, 9.17) is 4.99 Å². The number of alkyl halides is 6. The molecule has 0 aliphatic rings. The van der Waals surface area contributed by atoms with Crippen LogP contribution in [0.25, 0.3) is 27.7 Å². The molecule has 0 N–H and O–H groups in total. The predicted molar refractivity (Wildman–Crippen MR) is 133 cm³/mol. The van der Waals surface area contributed by atoms with Crippen molar-refractivity contribution in [3.8, 4) is 11.3 Å². The number of hydrogen-bond acceptors (Lipinski definition) is 4. The number of benzene rings is 1. The maximum atomic E-state index is 13.5. The quantitative estimate of drug-likeness (QED) is 0.241. The summed E-state index contributed by atoms with van der Waals surface area (Å²) in [5, 5.41) is 0.592. The molecule has 202 valence electrons. The molecule has 4 aromatic heterocycles. The topological polar surface area (TPSA) is 60.4 Å². The highest BCUT2D eigenvalue weighted by atomic mass is 19.4. The van der Waals surface area contributed by atoms with Crippen molar-refractivity contribution in [1.82, 2.24) is 23.9 Å². The summed E-state index contributed by atoms with van der Waals surface area (Å²) in [6.07, 6.45) is -5.06. The van der Waals surface area contributed by atoms with Gasteiger partial charge in [-0.15, -0.1) is 0 Å². The van der Waals surface area contributed by atoms with Crippen LogP contribution in [0.4, 0.5) is 26.3 Å². The zero-order valence-corrected chi connectivity index (χ0v) is 21.2. The molecule has 0 aliphatic heterocycles. The zero-order chi connectivity index (χ0) is 28.3. The van der Waals surface area contributed by atoms with Crippen LogP contribution in [0.3, 0.4) is 0 Å². The molecule has 1 unspecified atom stereocenters.